The molecule has 10 heteroatoms. The highest BCUT2D eigenvalue weighted by atomic mass is 32.2. The van der Waals surface area contributed by atoms with Crippen LogP contribution in [0.4, 0.5) is 4.39 Å². The van der Waals surface area contributed by atoms with Crippen molar-refractivity contribution in [3.63, 3.8) is 0 Å². The van der Waals surface area contributed by atoms with Gasteiger partial charge in [0.1, 0.15) is 11.6 Å². The van der Waals surface area contributed by atoms with Crippen molar-refractivity contribution >= 4 is 17.7 Å². The molecule has 0 spiro atoms. The number of rotatable bonds is 11. The second-order valence-corrected chi connectivity index (χ2v) is 9.26. The minimum atomic E-state index is -0.329. The number of halogens is 1. The normalized spacial score (nSPS) is 10.8. The predicted molar refractivity (Wildman–Crippen MR) is 144 cm³/mol. The lowest BCUT2D eigenvalue weighted by atomic mass is 10.1. The summed E-state index contributed by atoms with van der Waals surface area (Å²) < 4.78 is 31.6. The molecule has 1 N–H and O–H groups in total. The zero-order valence-corrected chi connectivity index (χ0v) is 22.5. The highest BCUT2D eigenvalue weighted by molar-refractivity contribution is 7.98. The van der Waals surface area contributed by atoms with Crippen LogP contribution in [0.15, 0.2) is 65.8 Å². The molecule has 0 bridgehead atoms. The van der Waals surface area contributed by atoms with Crippen molar-refractivity contribution < 1.29 is 23.4 Å². The highest BCUT2D eigenvalue weighted by Gasteiger charge is 2.21. The lowest BCUT2D eigenvalue weighted by Crippen LogP contribution is -2.27. The SMILES string of the molecule is COc1ccc(C(=O)NCCc2nnc(SCc3ccccc3C)n2-c2ccc(F)cc2)c(OC)c1OC. The zero-order chi connectivity index (χ0) is 27.1. The first-order valence-corrected chi connectivity index (χ1v) is 12.9. The molecule has 0 fully saturated rings. The molecule has 1 amide bonds. The molecule has 1 aromatic heterocycles. The van der Waals surface area contributed by atoms with E-state index in [1.54, 1.807) is 36.0 Å². The molecule has 0 radical (unpaired) electrons. The topological polar surface area (TPSA) is 87.5 Å². The first-order chi connectivity index (χ1) is 18.5. The van der Waals surface area contributed by atoms with Crippen LogP contribution in [0, 0.1) is 12.7 Å². The molecule has 3 aromatic carbocycles. The number of hydrogen-bond acceptors (Lipinski definition) is 7. The van der Waals surface area contributed by atoms with Crippen molar-refractivity contribution in [3.05, 3.63) is 89.0 Å². The molecule has 4 rings (SSSR count). The minimum absolute atomic E-state index is 0.286. The van der Waals surface area contributed by atoms with Gasteiger partial charge in [0.15, 0.2) is 16.7 Å². The van der Waals surface area contributed by atoms with Crippen LogP contribution in [-0.4, -0.2) is 48.5 Å². The Bertz CT molecular complexity index is 1410. The standard InChI is InChI=1S/C28H29FN4O4S/c1-18-7-5-6-8-19(18)17-38-28-32-31-24(33(28)21-11-9-20(29)10-12-21)15-16-30-27(34)22-13-14-23(35-2)26(37-4)25(22)36-3/h5-14H,15-17H2,1-4H3,(H,30,34). The molecule has 1 heterocycles. The third kappa shape index (κ3) is 5.91. The Morgan fingerprint density at radius 2 is 1.68 bits per heavy atom. The van der Waals surface area contributed by atoms with E-state index < -0.39 is 0 Å². The first-order valence-electron chi connectivity index (χ1n) is 11.9. The van der Waals surface area contributed by atoms with Gasteiger partial charge in [0.05, 0.1) is 26.9 Å². The van der Waals surface area contributed by atoms with Crippen LogP contribution in [0.2, 0.25) is 0 Å². The van der Waals surface area contributed by atoms with Gasteiger partial charge in [0.2, 0.25) is 5.75 Å². The average molecular weight is 537 g/mol. The quantitative estimate of drug-likeness (QED) is 0.270. The second-order valence-electron chi connectivity index (χ2n) is 8.31. The number of carbonyl (C=O) groups excluding carboxylic acids is 1. The van der Waals surface area contributed by atoms with Gasteiger partial charge in [-0.2, -0.15) is 0 Å². The molecular weight excluding hydrogens is 507 g/mol. The number of amides is 1. The predicted octanol–water partition coefficient (Wildman–Crippen LogP) is 5.01. The van der Waals surface area contributed by atoms with E-state index in [9.17, 15) is 9.18 Å². The Kier molecular flexibility index (Phi) is 8.85. The third-order valence-electron chi connectivity index (χ3n) is 5.99. The number of nitrogens with zero attached hydrogens (tertiary/aromatic N) is 3. The van der Waals surface area contributed by atoms with Crippen LogP contribution < -0.4 is 19.5 Å². The van der Waals surface area contributed by atoms with E-state index >= 15 is 0 Å². The van der Waals surface area contributed by atoms with Crippen molar-refractivity contribution in [2.24, 2.45) is 0 Å². The molecule has 0 saturated carbocycles. The maximum atomic E-state index is 13.6. The molecular formula is C28H29FN4O4S. The maximum absolute atomic E-state index is 13.6. The van der Waals surface area contributed by atoms with E-state index in [2.05, 4.69) is 34.6 Å². The van der Waals surface area contributed by atoms with Gasteiger partial charge in [0, 0.05) is 24.4 Å². The summed E-state index contributed by atoms with van der Waals surface area (Å²) in [7, 11) is 4.47. The summed E-state index contributed by atoms with van der Waals surface area (Å²) in [4.78, 5) is 13.0. The Balaban J connectivity index is 1.53. The largest absolute Gasteiger partial charge is 0.493 e. The third-order valence-corrected chi connectivity index (χ3v) is 6.96. The molecule has 0 aliphatic carbocycles. The van der Waals surface area contributed by atoms with E-state index in [0.29, 0.717) is 40.2 Å². The summed E-state index contributed by atoms with van der Waals surface area (Å²) in [6, 6.07) is 17.6. The fraction of sp³-hybridized carbons (Fsp3) is 0.250. The molecule has 198 valence electrons. The number of nitrogens with one attached hydrogen (secondary N) is 1. The number of aryl methyl sites for hydroxylation is 1. The number of carbonyl (C=O) groups is 1. The maximum Gasteiger partial charge on any atom is 0.255 e. The summed E-state index contributed by atoms with van der Waals surface area (Å²) in [6.07, 6.45) is 0.399. The van der Waals surface area contributed by atoms with E-state index in [0.717, 1.165) is 5.69 Å². The van der Waals surface area contributed by atoms with Crippen LogP contribution in [0.3, 0.4) is 0 Å². The van der Waals surface area contributed by atoms with Crippen LogP contribution in [0.25, 0.3) is 5.69 Å². The molecule has 0 atom stereocenters. The van der Waals surface area contributed by atoms with Crippen molar-refractivity contribution in [2.75, 3.05) is 27.9 Å². The van der Waals surface area contributed by atoms with Crippen LogP contribution >= 0.6 is 11.8 Å². The number of methoxy groups -OCH3 is 3. The highest BCUT2D eigenvalue weighted by Crippen LogP contribution is 2.39. The second kappa shape index (κ2) is 12.5. The Morgan fingerprint density at radius 3 is 2.37 bits per heavy atom. The molecule has 0 aliphatic heterocycles. The monoisotopic (exact) mass is 536 g/mol. The van der Waals surface area contributed by atoms with Crippen molar-refractivity contribution in [3.8, 4) is 22.9 Å². The summed E-state index contributed by atoms with van der Waals surface area (Å²) in [5.41, 5.74) is 3.46. The number of ether oxygens (including phenoxy) is 3. The lowest BCUT2D eigenvalue weighted by molar-refractivity contribution is 0.0950. The molecule has 38 heavy (non-hydrogen) atoms. The number of benzene rings is 3. The van der Waals surface area contributed by atoms with Crippen molar-refractivity contribution in [1.29, 1.82) is 0 Å². The van der Waals surface area contributed by atoms with Crippen molar-refractivity contribution in [2.45, 2.75) is 24.3 Å². The van der Waals surface area contributed by atoms with Gasteiger partial charge in [-0.1, -0.05) is 36.0 Å². The molecule has 0 aliphatic rings. The fourth-order valence-electron chi connectivity index (χ4n) is 3.98. The van der Waals surface area contributed by atoms with Crippen LogP contribution in [0.1, 0.15) is 27.3 Å². The van der Waals surface area contributed by atoms with E-state index in [4.69, 9.17) is 14.2 Å². The molecule has 0 saturated heterocycles. The van der Waals surface area contributed by atoms with E-state index in [1.807, 2.05) is 16.7 Å². The Labute approximate surface area is 225 Å². The van der Waals surface area contributed by atoms with Gasteiger partial charge < -0.3 is 19.5 Å². The van der Waals surface area contributed by atoms with Gasteiger partial charge >= 0.3 is 0 Å². The summed E-state index contributed by atoms with van der Waals surface area (Å²) >= 11 is 1.55. The number of thioether (sulfide) groups is 1. The van der Waals surface area contributed by atoms with Gasteiger partial charge in [-0.05, 0) is 54.4 Å². The zero-order valence-electron chi connectivity index (χ0n) is 21.7. The van der Waals surface area contributed by atoms with Crippen LogP contribution in [0.5, 0.6) is 17.2 Å². The smallest absolute Gasteiger partial charge is 0.255 e. The molecule has 4 aromatic rings. The Morgan fingerprint density at radius 1 is 0.947 bits per heavy atom. The minimum Gasteiger partial charge on any atom is -0.493 e. The summed E-state index contributed by atoms with van der Waals surface area (Å²) in [6.45, 7) is 2.36. The van der Waals surface area contributed by atoms with E-state index in [1.165, 1.54) is 44.6 Å². The lowest BCUT2D eigenvalue weighted by Gasteiger charge is -2.15. The van der Waals surface area contributed by atoms with E-state index in [-0.39, 0.29) is 24.0 Å². The van der Waals surface area contributed by atoms with Crippen molar-refractivity contribution in [1.82, 2.24) is 20.1 Å². The first kappa shape index (κ1) is 27.0. The molecule has 8 nitrogen and oxygen atoms in total. The summed E-state index contributed by atoms with van der Waals surface area (Å²) in [5.74, 6) is 1.79. The van der Waals surface area contributed by atoms with Crippen LogP contribution in [-0.2, 0) is 12.2 Å². The number of hydrogen-bond donors (Lipinski definition) is 1. The van der Waals surface area contributed by atoms with Gasteiger partial charge in [0.25, 0.3) is 5.91 Å². The van der Waals surface area contributed by atoms with Gasteiger partial charge in [-0.25, -0.2) is 4.39 Å². The molecule has 0 unspecified atom stereocenters. The number of aromatic nitrogens is 3. The fourth-order valence-corrected chi connectivity index (χ4v) is 5.03. The Hall–Kier alpha value is -4.05. The summed E-state index contributed by atoms with van der Waals surface area (Å²) in [5, 5.41) is 12.4. The van der Waals surface area contributed by atoms with Gasteiger partial charge in [-0.3, -0.25) is 9.36 Å². The van der Waals surface area contributed by atoms with Gasteiger partial charge in [-0.15, -0.1) is 10.2 Å². The average Bonchev–Trinajstić information content (AvgIpc) is 3.34.